The maximum Gasteiger partial charge on any atom is 0.261 e. The number of nitrogens with zero attached hydrogens (tertiary/aromatic N) is 1. The molecule has 2 unspecified atom stereocenters. The average Bonchev–Trinajstić information content (AvgIpc) is 2.85. The van der Waals surface area contributed by atoms with Crippen LogP contribution in [-0.2, 0) is 22.6 Å². The van der Waals surface area contributed by atoms with Crippen molar-refractivity contribution in [3.8, 4) is 5.75 Å². The summed E-state index contributed by atoms with van der Waals surface area (Å²) >= 11 is 6.22. The molecule has 1 N–H and O–H groups in total. The Morgan fingerprint density at radius 3 is 2.37 bits per heavy atom. The Morgan fingerprint density at radius 1 is 0.971 bits per heavy atom. The molecule has 0 aliphatic rings. The van der Waals surface area contributed by atoms with E-state index in [1.807, 2.05) is 93.6 Å². The summed E-state index contributed by atoms with van der Waals surface area (Å²) in [4.78, 5) is 28.6. The predicted molar refractivity (Wildman–Crippen MR) is 141 cm³/mol. The number of halogens is 1. The van der Waals surface area contributed by atoms with Gasteiger partial charge in [-0.15, -0.1) is 0 Å². The van der Waals surface area contributed by atoms with E-state index in [-0.39, 0.29) is 31.0 Å². The molecule has 3 aromatic carbocycles. The van der Waals surface area contributed by atoms with Crippen LogP contribution in [0.25, 0.3) is 0 Å². The molecular weight excluding hydrogens is 460 g/mol. The number of benzene rings is 3. The quantitative estimate of drug-likeness (QED) is 0.380. The van der Waals surface area contributed by atoms with E-state index in [2.05, 4.69) is 5.32 Å². The number of amides is 2. The van der Waals surface area contributed by atoms with Crippen molar-refractivity contribution in [2.75, 3.05) is 6.61 Å². The van der Waals surface area contributed by atoms with Gasteiger partial charge in [-0.05, 0) is 61.2 Å². The van der Waals surface area contributed by atoms with Crippen LogP contribution < -0.4 is 10.1 Å². The van der Waals surface area contributed by atoms with Crippen LogP contribution in [-0.4, -0.2) is 35.4 Å². The number of ether oxygens (including phenoxy) is 1. The summed E-state index contributed by atoms with van der Waals surface area (Å²) in [5.41, 5.74) is 2.86. The van der Waals surface area contributed by atoms with Crippen molar-refractivity contribution in [2.24, 2.45) is 0 Å². The third kappa shape index (κ3) is 8.15. The van der Waals surface area contributed by atoms with Gasteiger partial charge in [0.25, 0.3) is 5.91 Å². The molecule has 0 radical (unpaired) electrons. The van der Waals surface area contributed by atoms with Gasteiger partial charge in [0.1, 0.15) is 11.8 Å². The molecule has 3 rings (SSSR count). The highest BCUT2D eigenvalue weighted by molar-refractivity contribution is 6.30. The van der Waals surface area contributed by atoms with Crippen LogP contribution >= 0.6 is 11.6 Å². The highest BCUT2D eigenvalue weighted by Crippen LogP contribution is 2.19. The zero-order valence-corrected chi connectivity index (χ0v) is 21.3. The van der Waals surface area contributed by atoms with Gasteiger partial charge in [-0.2, -0.15) is 0 Å². The summed E-state index contributed by atoms with van der Waals surface area (Å²) in [6.07, 6.45) is 1.18. The Bertz CT molecular complexity index is 1120. The largest absolute Gasteiger partial charge is 0.484 e. The first-order valence-electron chi connectivity index (χ1n) is 11.9. The first kappa shape index (κ1) is 26.3. The zero-order chi connectivity index (χ0) is 25.2. The molecule has 0 bridgehead atoms. The van der Waals surface area contributed by atoms with E-state index in [0.29, 0.717) is 17.2 Å². The Labute approximate surface area is 213 Å². The number of aryl methyl sites for hydroxylation is 1. The predicted octanol–water partition coefficient (Wildman–Crippen LogP) is 5.58. The lowest BCUT2D eigenvalue weighted by molar-refractivity contribution is -0.143. The Morgan fingerprint density at radius 2 is 1.69 bits per heavy atom. The second-order valence-corrected chi connectivity index (χ2v) is 9.22. The maximum atomic E-state index is 13.6. The SMILES string of the molecule is CCC(C)NC(=O)C(Cc1ccccc1)N(Cc1cccc(Cl)c1)C(=O)COc1cccc(C)c1. The van der Waals surface area contributed by atoms with Crippen LogP contribution in [0.2, 0.25) is 5.02 Å². The van der Waals surface area contributed by atoms with E-state index in [1.165, 1.54) is 0 Å². The van der Waals surface area contributed by atoms with Crippen molar-refractivity contribution >= 4 is 23.4 Å². The normalized spacial score (nSPS) is 12.5. The third-order valence-corrected chi connectivity index (χ3v) is 6.10. The average molecular weight is 493 g/mol. The summed E-state index contributed by atoms with van der Waals surface area (Å²) in [7, 11) is 0. The molecule has 2 atom stereocenters. The summed E-state index contributed by atoms with van der Waals surface area (Å²) in [5.74, 6) is 0.158. The van der Waals surface area contributed by atoms with E-state index in [9.17, 15) is 9.59 Å². The van der Waals surface area contributed by atoms with Crippen molar-refractivity contribution < 1.29 is 14.3 Å². The fraction of sp³-hybridized carbons (Fsp3) is 0.310. The Kier molecular flexibility index (Phi) is 9.74. The second kappa shape index (κ2) is 13.0. The van der Waals surface area contributed by atoms with E-state index in [4.69, 9.17) is 16.3 Å². The summed E-state index contributed by atoms with van der Waals surface area (Å²) < 4.78 is 5.82. The molecule has 0 heterocycles. The van der Waals surface area contributed by atoms with Gasteiger partial charge in [0, 0.05) is 24.0 Å². The Hall–Kier alpha value is -3.31. The van der Waals surface area contributed by atoms with Crippen LogP contribution in [0.3, 0.4) is 0 Å². The molecule has 184 valence electrons. The van der Waals surface area contributed by atoms with Crippen molar-refractivity contribution in [1.82, 2.24) is 10.2 Å². The molecule has 0 fully saturated rings. The molecule has 35 heavy (non-hydrogen) atoms. The van der Waals surface area contributed by atoms with Crippen LogP contribution in [0.4, 0.5) is 0 Å². The summed E-state index contributed by atoms with van der Waals surface area (Å²) in [6.45, 7) is 6.01. The van der Waals surface area contributed by atoms with E-state index < -0.39 is 6.04 Å². The second-order valence-electron chi connectivity index (χ2n) is 8.78. The van der Waals surface area contributed by atoms with Crippen LogP contribution in [0, 0.1) is 6.92 Å². The fourth-order valence-electron chi connectivity index (χ4n) is 3.76. The van der Waals surface area contributed by atoms with Crippen molar-refractivity contribution in [3.63, 3.8) is 0 Å². The molecule has 0 saturated carbocycles. The Balaban J connectivity index is 1.91. The number of hydrogen-bond donors (Lipinski definition) is 1. The smallest absolute Gasteiger partial charge is 0.261 e. The monoisotopic (exact) mass is 492 g/mol. The minimum atomic E-state index is -0.709. The first-order valence-corrected chi connectivity index (χ1v) is 12.3. The first-order chi connectivity index (χ1) is 16.9. The van der Waals surface area contributed by atoms with Gasteiger partial charge in [-0.25, -0.2) is 0 Å². The number of nitrogens with one attached hydrogen (secondary N) is 1. The van der Waals surface area contributed by atoms with Crippen LogP contribution in [0.1, 0.15) is 37.0 Å². The molecule has 0 aliphatic carbocycles. The lowest BCUT2D eigenvalue weighted by Crippen LogP contribution is -2.53. The standard InChI is InChI=1S/C29H33ClN2O3/c1-4-22(3)31-29(34)27(18-23-11-6-5-7-12-23)32(19-24-13-9-14-25(30)17-24)28(33)20-35-26-15-8-10-21(2)16-26/h5-17,22,27H,4,18-20H2,1-3H3,(H,31,34). The van der Waals surface area contributed by atoms with Gasteiger partial charge >= 0.3 is 0 Å². The molecule has 0 spiro atoms. The zero-order valence-electron chi connectivity index (χ0n) is 20.5. The number of hydrogen-bond acceptors (Lipinski definition) is 3. The van der Waals surface area contributed by atoms with Gasteiger partial charge in [0.05, 0.1) is 0 Å². The van der Waals surface area contributed by atoms with Gasteiger partial charge in [-0.1, -0.05) is 73.1 Å². The number of carbonyl (C=O) groups excluding carboxylic acids is 2. The number of rotatable bonds is 11. The minimum absolute atomic E-state index is 0.00700. The molecule has 5 nitrogen and oxygen atoms in total. The molecule has 3 aromatic rings. The maximum absolute atomic E-state index is 13.6. The summed E-state index contributed by atoms with van der Waals surface area (Å²) in [6, 6.07) is 23.9. The van der Waals surface area contributed by atoms with Crippen LogP contribution in [0.5, 0.6) is 5.75 Å². The van der Waals surface area contributed by atoms with E-state index in [0.717, 1.165) is 23.1 Å². The lowest BCUT2D eigenvalue weighted by atomic mass is 10.0. The lowest BCUT2D eigenvalue weighted by Gasteiger charge is -2.32. The fourth-order valence-corrected chi connectivity index (χ4v) is 3.97. The topological polar surface area (TPSA) is 58.6 Å². The van der Waals surface area contributed by atoms with Gasteiger partial charge in [-0.3, -0.25) is 9.59 Å². The molecule has 0 aliphatic heterocycles. The molecule has 0 aromatic heterocycles. The minimum Gasteiger partial charge on any atom is -0.484 e. The van der Waals surface area contributed by atoms with Crippen molar-refractivity contribution in [3.05, 3.63) is 101 Å². The van der Waals surface area contributed by atoms with Gasteiger partial charge in [0.2, 0.25) is 5.91 Å². The molecular formula is C29H33ClN2O3. The van der Waals surface area contributed by atoms with Gasteiger partial charge < -0.3 is 15.0 Å². The van der Waals surface area contributed by atoms with E-state index in [1.54, 1.807) is 11.0 Å². The highest BCUT2D eigenvalue weighted by atomic mass is 35.5. The molecule has 2 amide bonds. The van der Waals surface area contributed by atoms with Crippen molar-refractivity contribution in [2.45, 2.75) is 52.2 Å². The summed E-state index contributed by atoms with van der Waals surface area (Å²) in [5, 5.41) is 3.64. The van der Waals surface area contributed by atoms with Crippen LogP contribution in [0.15, 0.2) is 78.9 Å². The number of carbonyl (C=O) groups is 2. The van der Waals surface area contributed by atoms with Crippen molar-refractivity contribution in [1.29, 1.82) is 0 Å². The highest BCUT2D eigenvalue weighted by Gasteiger charge is 2.31. The third-order valence-electron chi connectivity index (χ3n) is 5.87. The molecule has 6 heteroatoms. The molecule has 0 saturated heterocycles. The van der Waals surface area contributed by atoms with E-state index >= 15 is 0 Å². The van der Waals surface area contributed by atoms with Gasteiger partial charge in [0.15, 0.2) is 6.61 Å².